The molecule has 0 spiro atoms. The standard InChI is InChI=1S/C9H14N4O3.ClH/c1-15-9(14)8-6-13(12-11-8)5-7-4-10-2-3-16-7;/h6-7,10H,2-5H2,1H3;1H. The Kier molecular flexibility index (Phi) is 5.33. The largest absolute Gasteiger partial charge is 0.464 e. The van der Waals surface area contributed by atoms with E-state index in [1.54, 1.807) is 10.9 Å². The van der Waals surface area contributed by atoms with Gasteiger partial charge >= 0.3 is 5.97 Å². The Morgan fingerprint density at radius 1 is 1.76 bits per heavy atom. The maximum absolute atomic E-state index is 11.1. The minimum absolute atomic E-state index is 0. The highest BCUT2D eigenvalue weighted by atomic mass is 35.5. The van der Waals surface area contributed by atoms with E-state index in [1.165, 1.54) is 7.11 Å². The molecular formula is C9H15ClN4O3. The van der Waals surface area contributed by atoms with Crippen LogP contribution in [0.2, 0.25) is 0 Å². The number of nitrogens with one attached hydrogen (secondary N) is 1. The van der Waals surface area contributed by atoms with Crippen LogP contribution >= 0.6 is 12.4 Å². The van der Waals surface area contributed by atoms with E-state index in [1.807, 2.05) is 0 Å². The van der Waals surface area contributed by atoms with Crippen LogP contribution < -0.4 is 5.32 Å². The summed E-state index contributed by atoms with van der Waals surface area (Å²) in [6.45, 7) is 2.94. The van der Waals surface area contributed by atoms with Gasteiger partial charge in [0.25, 0.3) is 0 Å². The molecule has 1 atom stereocenters. The summed E-state index contributed by atoms with van der Waals surface area (Å²) < 4.78 is 11.6. The van der Waals surface area contributed by atoms with Gasteiger partial charge in [0.1, 0.15) is 0 Å². The summed E-state index contributed by atoms with van der Waals surface area (Å²) in [4.78, 5) is 11.1. The zero-order valence-electron chi connectivity index (χ0n) is 9.46. The number of carbonyl (C=O) groups is 1. The fraction of sp³-hybridized carbons (Fsp3) is 0.667. The van der Waals surface area contributed by atoms with Crippen molar-refractivity contribution in [2.24, 2.45) is 0 Å². The zero-order valence-corrected chi connectivity index (χ0v) is 10.3. The Hall–Kier alpha value is -1.18. The van der Waals surface area contributed by atoms with Gasteiger partial charge in [-0.25, -0.2) is 9.48 Å². The van der Waals surface area contributed by atoms with Crippen LogP contribution in [0.5, 0.6) is 0 Å². The maximum Gasteiger partial charge on any atom is 0.360 e. The number of halogens is 1. The lowest BCUT2D eigenvalue weighted by Gasteiger charge is -2.23. The number of ether oxygens (including phenoxy) is 2. The molecular weight excluding hydrogens is 248 g/mol. The van der Waals surface area contributed by atoms with E-state index in [0.717, 1.165) is 13.1 Å². The van der Waals surface area contributed by atoms with E-state index in [2.05, 4.69) is 20.4 Å². The predicted octanol–water partition coefficient (Wildman–Crippen LogP) is -0.525. The Balaban J connectivity index is 0.00000144. The van der Waals surface area contributed by atoms with Crippen LogP contribution in [0.15, 0.2) is 6.20 Å². The molecule has 0 radical (unpaired) electrons. The average molecular weight is 263 g/mol. The molecule has 2 rings (SSSR count). The monoisotopic (exact) mass is 262 g/mol. The summed E-state index contributed by atoms with van der Waals surface area (Å²) in [7, 11) is 1.31. The van der Waals surface area contributed by atoms with E-state index in [9.17, 15) is 4.79 Å². The van der Waals surface area contributed by atoms with Gasteiger partial charge in [-0.3, -0.25) is 0 Å². The molecule has 17 heavy (non-hydrogen) atoms. The Morgan fingerprint density at radius 2 is 2.59 bits per heavy atom. The van der Waals surface area contributed by atoms with Gasteiger partial charge in [0.15, 0.2) is 5.69 Å². The average Bonchev–Trinajstić information content (AvgIpc) is 2.78. The topological polar surface area (TPSA) is 78.3 Å². The van der Waals surface area contributed by atoms with Crippen LogP contribution in [0.3, 0.4) is 0 Å². The first-order chi connectivity index (χ1) is 7.79. The molecule has 0 aromatic carbocycles. The molecule has 0 amide bonds. The number of rotatable bonds is 3. The summed E-state index contributed by atoms with van der Waals surface area (Å²) in [6, 6.07) is 0. The summed E-state index contributed by atoms with van der Waals surface area (Å²) in [5.74, 6) is -0.478. The van der Waals surface area contributed by atoms with Gasteiger partial charge in [0.2, 0.25) is 0 Å². The van der Waals surface area contributed by atoms with Gasteiger partial charge in [0, 0.05) is 13.1 Å². The van der Waals surface area contributed by atoms with Crippen molar-refractivity contribution in [1.82, 2.24) is 20.3 Å². The van der Waals surface area contributed by atoms with Crippen molar-refractivity contribution in [3.05, 3.63) is 11.9 Å². The summed E-state index contributed by atoms with van der Waals surface area (Å²) in [5.41, 5.74) is 0.214. The van der Waals surface area contributed by atoms with Crippen LogP contribution in [-0.2, 0) is 16.0 Å². The van der Waals surface area contributed by atoms with Crippen molar-refractivity contribution in [2.75, 3.05) is 26.8 Å². The normalized spacial score (nSPS) is 19.5. The summed E-state index contributed by atoms with van der Waals surface area (Å²) >= 11 is 0. The molecule has 1 saturated heterocycles. The first-order valence-electron chi connectivity index (χ1n) is 5.10. The molecule has 96 valence electrons. The van der Waals surface area contributed by atoms with E-state index < -0.39 is 5.97 Å². The molecule has 2 heterocycles. The first kappa shape index (κ1) is 13.9. The van der Waals surface area contributed by atoms with Crippen molar-refractivity contribution in [1.29, 1.82) is 0 Å². The van der Waals surface area contributed by atoms with Crippen molar-refractivity contribution < 1.29 is 14.3 Å². The van der Waals surface area contributed by atoms with Crippen LogP contribution in [0.4, 0.5) is 0 Å². The Labute approximate surface area is 105 Å². The Morgan fingerprint density at radius 3 is 3.24 bits per heavy atom. The van der Waals surface area contributed by atoms with Gasteiger partial charge in [-0.15, -0.1) is 17.5 Å². The molecule has 0 aliphatic carbocycles. The number of methoxy groups -OCH3 is 1. The minimum atomic E-state index is -0.478. The number of nitrogens with zero attached hydrogens (tertiary/aromatic N) is 3. The second-order valence-corrected chi connectivity index (χ2v) is 3.51. The molecule has 1 N–H and O–H groups in total. The highest BCUT2D eigenvalue weighted by Crippen LogP contribution is 2.01. The van der Waals surface area contributed by atoms with Crippen molar-refractivity contribution >= 4 is 18.4 Å². The second-order valence-electron chi connectivity index (χ2n) is 3.51. The minimum Gasteiger partial charge on any atom is -0.464 e. The van der Waals surface area contributed by atoms with Crippen LogP contribution in [0.25, 0.3) is 0 Å². The molecule has 0 saturated carbocycles. The quantitative estimate of drug-likeness (QED) is 0.739. The molecule has 0 bridgehead atoms. The first-order valence-corrected chi connectivity index (χ1v) is 5.10. The van der Waals surface area contributed by atoms with Crippen molar-refractivity contribution in [3.8, 4) is 0 Å². The molecule has 1 aliphatic heterocycles. The fourth-order valence-electron chi connectivity index (χ4n) is 1.53. The third-order valence-electron chi connectivity index (χ3n) is 2.33. The van der Waals surface area contributed by atoms with E-state index >= 15 is 0 Å². The molecule has 1 unspecified atom stereocenters. The number of hydrogen-bond acceptors (Lipinski definition) is 6. The lowest BCUT2D eigenvalue weighted by atomic mass is 10.3. The number of aromatic nitrogens is 3. The smallest absolute Gasteiger partial charge is 0.360 e. The van der Waals surface area contributed by atoms with Gasteiger partial charge in [-0.1, -0.05) is 5.21 Å². The fourth-order valence-corrected chi connectivity index (χ4v) is 1.53. The maximum atomic E-state index is 11.1. The van der Waals surface area contributed by atoms with Gasteiger partial charge < -0.3 is 14.8 Å². The summed E-state index contributed by atoms with van der Waals surface area (Å²) in [6.07, 6.45) is 1.63. The molecule has 1 aliphatic rings. The van der Waals surface area contributed by atoms with Gasteiger partial charge in [0.05, 0.1) is 32.6 Å². The summed E-state index contributed by atoms with van der Waals surface area (Å²) in [5, 5.41) is 10.8. The lowest BCUT2D eigenvalue weighted by molar-refractivity contribution is 0.0158. The van der Waals surface area contributed by atoms with Crippen molar-refractivity contribution in [3.63, 3.8) is 0 Å². The van der Waals surface area contributed by atoms with E-state index in [0.29, 0.717) is 13.2 Å². The zero-order chi connectivity index (χ0) is 11.4. The number of carbonyl (C=O) groups excluding carboxylic acids is 1. The van der Waals surface area contributed by atoms with E-state index in [4.69, 9.17) is 4.74 Å². The van der Waals surface area contributed by atoms with E-state index in [-0.39, 0.29) is 24.2 Å². The number of hydrogen-bond donors (Lipinski definition) is 1. The molecule has 1 aromatic rings. The van der Waals surface area contributed by atoms with Gasteiger partial charge in [-0.2, -0.15) is 0 Å². The highest BCUT2D eigenvalue weighted by molar-refractivity contribution is 5.86. The van der Waals surface area contributed by atoms with Crippen LogP contribution in [0, 0.1) is 0 Å². The number of morpholine rings is 1. The van der Waals surface area contributed by atoms with Crippen LogP contribution in [0.1, 0.15) is 10.5 Å². The SMILES string of the molecule is COC(=O)c1cn(CC2CNCCO2)nn1.Cl. The molecule has 1 fully saturated rings. The third kappa shape index (κ3) is 3.65. The molecule has 7 nitrogen and oxygen atoms in total. The highest BCUT2D eigenvalue weighted by Gasteiger charge is 2.16. The van der Waals surface area contributed by atoms with Gasteiger partial charge in [-0.05, 0) is 0 Å². The Bertz CT molecular complexity index is 365. The van der Waals surface area contributed by atoms with Crippen LogP contribution in [-0.4, -0.2) is 53.9 Å². The molecule has 1 aromatic heterocycles. The molecule has 8 heteroatoms. The predicted molar refractivity (Wildman–Crippen MR) is 61.2 cm³/mol. The number of esters is 1. The lowest BCUT2D eigenvalue weighted by Crippen LogP contribution is -2.40. The second kappa shape index (κ2) is 6.53. The van der Waals surface area contributed by atoms with Crippen molar-refractivity contribution in [2.45, 2.75) is 12.6 Å². The third-order valence-corrected chi connectivity index (χ3v) is 2.33.